The number of aromatic nitrogens is 2. The molecule has 0 radical (unpaired) electrons. The van der Waals surface area contributed by atoms with E-state index in [1.54, 1.807) is 4.90 Å². The molecule has 0 aromatic carbocycles. The lowest BCUT2D eigenvalue weighted by atomic mass is 10.3. The molecule has 9 nitrogen and oxygen atoms in total. The largest absolute Gasteiger partial charge is 0.354 e. The number of carbonyl (C=O) groups is 1. The van der Waals surface area contributed by atoms with Crippen molar-refractivity contribution in [2.45, 2.75) is 13.3 Å². The zero-order valence-corrected chi connectivity index (χ0v) is 11.1. The summed E-state index contributed by atoms with van der Waals surface area (Å²) < 4.78 is 0. The summed E-state index contributed by atoms with van der Waals surface area (Å²) in [6.45, 7) is 3.66. The van der Waals surface area contributed by atoms with Gasteiger partial charge in [0.15, 0.2) is 0 Å². The molecule has 1 amide bonds. The summed E-state index contributed by atoms with van der Waals surface area (Å²) in [5.41, 5.74) is -0.193. The van der Waals surface area contributed by atoms with Crippen molar-refractivity contribution < 1.29 is 9.72 Å². The highest BCUT2D eigenvalue weighted by Crippen LogP contribution is 2.26. The Hall–Kier alpha value is -2.45. The molecule has 0 spiro atoms. The normalized spacial score (nSPS) is 14.8. The van der Waals surface area contributed by atoms with Gasteiger partial charge in [-0.25, -0.2) is 4.98 Å². The highest BCUT2D eigenvalue weighted by atomic mass is 16.6. The van der Waals surface area contributed by atoms with Gasteiger partial charge in [-0.15, -0.1) is 0 Å². The summed E-state index contributed by atoms with van der Waals surface area (Å²) in [7, 11) is 0. The van der Waals surface area contributed by atoms with Crippen molar-refractivity contribution in [1.82, 2.24) is 15.3 Å². The molecule has 2 N–H and O–H groups in total. The fourth-order valence-corrected chi connectivity index (χ4v) is 1.87. The van der Waals surface area contributed by atoms with Crippen LogP contribution in [0.3, 0.4) is 0 Å². The maximum atomic E-state index is 11.4. The van der Waals surface area contributed by atoms with Crippen LogP contribution in [0.25, 0.3) is 0 Å². The van der Waals surface area contributed by atoms with E-state index >= 15 is 0 Å². The number of anilines is 2. The van der Waals surface area contributed by atoms with Crippen LogP contribution in [0, 0.1) is 10.1 Å². The Balaban J connectivity index is 2.30. The quantitative estimate of drug-likeness (QED) is 0.582. The summed E-state index contributed by atoms with van der Waals surface area (Å²) >= 11 is 0. The van der Waals surface area contributed by atoms with Gasteiger partial charge < -0.3 is 15.5 Å². The minimum absolute atomic E-state index is 0.0606. The standard InChI is InChI=1S/C11H16N6O3/c1-2-3-13-11-14-6-8(17(19)20)10(15-11)16-5-4-12-9(18)7-16/h6H,2-5,7H2,1H3,(H,12,18)(H,13,14,15). The van der Waals surface area contributed by atoms with E-state index in [0.29, 0.717) is 25.6 Å². The third kappa shape index (κ3) is 3.11. The second-order valence-corrected chi connectivity index (χ2v) is 4.36. The molecule has 1 fully saturated rings. The van der Waals surface area contributed by atoms with Crippen LogP contribution in [-0.2, 0) is 4.79 Å². The fraction of sp³-hybridized carbons (Fsp3) is 0.545. The number of hydrogen-bond acceptors (Lipinski definition) is 7. The Labute approximate surface area is 115 Å². The molecule has 20 heavy (non-hydrogen) atoms. The van der Waals surface area contributed by atoms with E-state index in [1.807, 2.05) is 6.92 Å². The summed E-state index contributed by atoms with van der Waals surface area (Å²) in [4.78, 5) is 31.6. The van der Waals surface area contributed by atoms with E-state index in [9.17, 15) is 14.9 Å². The van der Waals surface area contributed by atoms with Gasteiger partial charge in [0.05, 0.1) is 11.5 Å². The van der Waals surface area contributed by atoms with Crippen molar-refractivity contribution in [1.29, 1.82) is 0 Å². The number of piperazine rings is 1. The molecular formula is C11H16N6O3. The topological polar surface area (TPSA) is 113 Å². The summed E-state index contributed by atoms with van der Waals surface area (Å²) in [6, 6.07) is 0. The molecule has 0 aliphatic carbocycles. The predicted octanol–water partition coefficient (Wildman–Crippen LogP) is 0.143. The molecular weight excluding hydrogens is 264 g/mol. The molecule has 1 aromatic heterocycles. The van der Waals surface area contributed by atoms with Crippen LogP contribution in [0.15, 0.2) is 6.20 Å². The number of carbonyl (C=O) groups excluding carboxylic acids is 1. The van der Waals surface area contributed by atoms with Gasteiger partial charge >= 0.3 is 5.69 Å². The number of nitrogens with zero attached hydrogens (tertiary/aromatic N) is 4. The van der Waals surface area contributed by atoms with Gasteiger partial charge in [0, 0.05) is 19.6 Å². The van der Waals surface area contributed by atoms with Crippen molar-refractivity contribution in [3.63, 3.8) is 0 Å². The van der Waals surface area contributed by atoms with Crippen LogP contribution >= 0.6 is 0 Å². The Morgan fingerprint density at radius 1 is 1.60 bits per heavy atom. The van der Waals surface area contributed by atoms with Crippen LogP contribution < -0.4 is 15.5 Å². The van der Waals surface area contributed by atoms with Crippen LogP contribution in [0.5, 0.6) is 0 Å². The van der Waals surface area contributed by atoms with Gasteiger partial charge in [0.25, 0.3) is 0 Å². The lowest BCUT2D eigenvalue weighted by Gasteiger charge is -2.27. The Morgan fingerprint density at radius 2 is 2.40 bits per heavy atom. The molecule has 1 saturated heterocycles. The fourth-order valence-electron chi connectivity index (χ4n) is 1.87. The molecule has 108 valence electrons. The molecule has 1 aromatic rings. The third-order valence-electron chi connectivity index (χ3n) is 2.82. The second-order valence-electron chi connectivity index (χ2n) is 4.36. The van der Waals surface area contributed by atoms with Crippen molar-refractivity contribution in [2.24, 2.45) is 0 Å². The first-order valence-corrected chi connectivity index (χ1v) is 6.38. The summed E-state index contributed by atoms with van der Waals surface area (Å²) in [5, 5.41) is 16.7. The summed E-state index contributed by atoms with van der Waals surface area (Å²) in [6.07, 6.45) is 2.06. The first-order chi connectivity index (χ1) is 9.61. The number of rotatable bonds is 5. The summed E-state index contributed by atoms with van der Waals surface area (Å²) in [5.74, 6) is 0.337. The molecule has 1 aliphatic rings. The van der Waals surface area contributed by atoms with Crippen LogP contribution in [0.1, 0.15) is 13.3 Å². The number of nitro groups is 1. The highest BCUT2D eigenvalue weighted by molar-refractivity contribution is 5.83. The maximum absolute atomic E-state index is 11.4. The Bertz CT molecular complexity index is 521. The number of hydrogen-bond donors (Lipinski definition) is 2. The van der Waals surface area contributed by atoms with Crippen LogP contribution in [0.4, 0.5) is 17.5 Å². The molecule has 0 atom stereocenters. The predicted molar refractivity (Wildman–Crippen MR) is 72.7 cm³/mol. The SMILES string of the molecule is CCCNc1ncc([N+](=O)[O-])c(N2CCNC(=O)C2)n1. The van der Waals surface area contributed by atoms with Crippen molar-refractivity contribution >= 4 is 23.4 Å². The average molecular weight is 280 g/mol. The van der Waals surface area contributed by atoms with Crippen molar-refractivity contribution in [3.8, 4) is 0 Å². The highest BCUT2D eigenvalue weighted by Gasteiger charge is 2.26. The lowest BCUT2D eigenvalue weighted by molar-refractivity contribution is -0.384. The van der Waals surface area contributed by atoms with Crippen molar-refractivity contribution in [3.05, 3.63) is 16.3 Å². The van der Waals surface area contributed by atoms with Gasteiger partial charge in [-0.1, -0.05) is 6.92 Å². The van der Waals surface area contributed by atoms with E-state index in [1.165, 1.54) is 6.20 Å². The molecule has 1 aliphatic heterocycles. The molecule has 2 heterocycles. The minimum atomic E-state index is -0.536. The van der Waals surface area contributed by atoms with Gasteiger partial charge in [-0.3, -0.25) is 14.9 Å². The minimum Gasteiger partial charge on any atom is -0.354 e. The second kappa shape index (κ2) is 6.13. The molecule has 0 saturated carbocycles. The van der Waals surface area contributed by atoms with Crippen LogP contribution in [0.2, 0.25) is 0 Å². The molecule has 0 unspecified atom stereocenters. The average Bonchev–Trinajstić information content (AvgIpc) is 2.44. The molecule has 0 bridgehead atoms. The van der Waals surface area contributed by atoms with Gasteiger partial charge in [-0.2, -0.15) is 4.98 Å². The molecule has 9 heteroatoms. The number of amides is 1. The van der Waals surface area contributed by atoms with E-state index in [2.05, 4.69) is 20.6 Å². The third-order valence-corrected chi connectivity index (χ3v) is 2.82. The Morgan fingerprint density at radius 3 is 3.05 bits per heavy atom. The van der Waals surface area contributed by atoms with Gasteiger partial charge in [0.2, 0.25) is 17.7 Å². The zero-order valence-electron chi connectivity index (χ0n) is 11.1. The van der Waals surface area contributed by atoms with Gasteiger partial charge in [-0.05, 0) is 6.42 Å². The van der Waals surface area contributed by atoms with Crippen LogP contribution in [-0.4, -0.2) is 47.0 Å². The van der Waals surface area contributed by atoms with E-state index in [4.69, 9.17) is 0 Å². The van der Waals surface area contributed by atoms with E-state index < -0.39 is 4.92 Å². The first kappa shape index (κ1) is 14.0. The van der Waals surface area contributed by atoms with Crippen molar-refractivity contribution in [2.75, 3.05) is 36.4 Å². The first-order valence-electron chi connectivity index (χ1n) is 6.38. The Kier molecular flexibility index (Phi) is 4.28. The maximum Gasteiger partial charge on any atom is 0.329 e. The monoisotopic (exact) mass is 280 g/mol. The lowest BCUT2D eigenvalue weighted by Crippen LogP contribution is -2.48. The number of nitrogens with one attached hydrogen (secondary N) is 2. The smallest absolute Gasteiger partial charge is 0.329 e. The zero-order chi connectivity index (χ0) is 14.5. The van der Waals surface area contributed by atoms with Gasteiger partial charge in [0.1, 0.15) is 6.20 Å². The van der Waals surface area contributed by atoms with E-state index in [0.717, 1.165) is 6.42 Å². The molecule has 2 rings (SSSR count). The van der Waals surface area contributed by atoms with E-state index in [-0.39, 0.29) is 24.0 Å².